The molecule has 0 radical (unpaired) electrons. The van der Waals surface area contributed by atoms with Crippen molar-refractivity contribution in [2.75, 3.05) is 42.3 Å². The van der Waals surface area contributed by atoms with Gasteiger partial charge in [0.1, 0.15) is 0 Å². The van der Waals surface area contributed by atoms with Crippen LogP contribution in [0.3, 0.4) is 0 Å². The number of hydrogen-bond acceptors (Lipinski definition) is 3. The van der Waals surface area contributed by atoms with E-state index < -0.39 is 0 Å². The fourth-order valence-corrected chi connectivity index (χ4v) is 0.340. The van der Waals surface area contributed by atoms with E-state index in [1.165, 1.54) is 0 Å². The summed E-state index contributed by atoms with van der Waals surface area (Å²) in [4.78, 5) is 0. The molecule has 0 bridgehead atoms. The van der Waals surface area contributed by atoms with Crippen molar-refractivity contribution in [2.45, 2.75) is 6.42 Å². The van der Waals surface area contributed by atoms with Crippen molar-refractivity contribution in [1.29, 1.82) is 0 Å². The van der Waals surface area contributed by atoms with Crippen LogP contribution in [0.5, 0.6) is 0 Å². The minimum Gasteiger partial charge on any atom is -0.323 e. The van der Waals surface area contributed by atoms with Crippen LogP contribution in [-0.4, -0.2) is 42.3 Å². The molecule has 3 nitrogen and oxygen atoms in total. The maximum Gasteiger partial charge on any atom is 0 e. The third kappa shape index (κ3) is 77.8. The zero-order valence-corrected chi connectivity index (χ0v) is 14.5. The van der Waals surface area contributed by atoms with Gasteiger partial charge < -0.3 is 16.0 Å². The molecule has 1 rings (SSSR count). The van der Waals surface area contributed by atoms with Crippen LogP contribution in [-0.2, 0) is 25.8 Å². The first-order valence-corrected chi connectivity index (χ1v) is 4.72. The summed E-state index contributed by atoms with van der Waals surface area (Å²) in [5.41, 5.74) is 0. The van der Waals surface area contributed by atoms with Crippen molar-refractivity contribution < 1.29 is 25.8 Å². The van der Waals surface area contributed by atoms with E-state index in [2.05, 4.69) is 28.1 Å². The smallest absolute Gasteiger partial charge is 0 e. The van der Waals surface area contributed by atoms with Gasteiger partial charge >= 0.3 is 0 Å². The van der Waals surface area contributed by atoms with Crippen LogP contribution in [0, 0.1) is 6.08 Å². The molecule has 90 valence electrons. The van der Waals surface area contributed by atoms with Gasteiger partial charge in [0.05, 0.1) is 0 Å². The second-order valence-corrected chi connectivity index (χ2v) is 2.50. The summed E-state index contributed by atoms with van der Waals surface area (Å²) in [7, 11) is 11.2. The van der Waals surface area contributed by atoms with Crippen molar-refractivity contribution in [3.63, 3.8) is 0 Å². The van der Waals surface area contributed by atoms with Crippen LogP contribution in [0.4, 0.5) is 0 Å². The van der Waals surface area contributed by atoms with Crippen molar-refractivity contribution in [3.8, 4) is 0 Å². The Morgan fingerprint density at radius 1 is 0.867 bits per heavy atom. The molecule has 0 saturated carbocycles. The third-order valence-corrected chi connectivity index (χ3v) is 0.586. The van der Waals surface area contributed by atoms with E-state index in [0.717, 1.165) is 6.42 Å². The molecule has 0 aromatic heterocycles. The van der Waals surface area contributed by atoms with Crippen molar-refractivity contribution in [3.05, 3.63) is 24.3 Å². The van der Waals surface area contributed by atoms with E-state index in [9.17, 15) is 0 Å². The number of hydrogen-bond donors (Lipinski definition) is 3. The zero-order chi connectivity index (χ0) is 11.7. The molecule has 0 aromatic rings. The maximum atomic E-state index is 2.99. The molecule has 0 aromatic carbocycles. The van der Waals surface area contributed by atoms with Gasteiger partial charge in [0.2, 0.25) is 0 Å². The van der Waals surface area contributed by atoms with E-state index >= 15 is 0 Å². The van der Waals surface area contributed by atoms with Crippen LogP contribution in [0.25, 0.3) is 0 Å². The van der Waals surface area contributed by atoms with Gasteiger partial charge in [-0.15, -0.1) is 6.42 Å². The Bertz CT molecular complexity index is 99.6. The predicted molar refractivity (Wildman–Crippen MR) is 66.5 cm³/mol. The molecular weight excluding hydrogens is 353 g/mol. The molecule has 0 fully saturated rings. The van der Waals surface area contributed by atoms with Gasteiger partial charge in [-0.2, -0.15) is 6.08 Å². The van der Waals surface area contributed by atoms with Gasteiger partial charge in [-0.05, 0) is 42.3 Å². The summed E-state index contributed by atoms with van der Waals surface area (Å²) in [6.45, 7) is 0. The second kappa shape index (κ2) is 36.8. The topological polar surface area (TPSA) is 36.1 Å². The van der Waals surface area contributed by atoms with Crippen LogP contribution in [0.15, 0.2) is 18.2 Å². The van der Waals surface area contributed by atoms with Crippen LogP contribution in [0.2, 0.25) is 0 Å². The first kappa shape index (κ1) is 24.5. The fourth-order valence-electron chi connectivity index (χ4n) is 0.340. The van der Waals surface area contributed by atoms with Crippen LogP contribution >= 0.6 is 0 Å². The zero-order valence-electron chi connectivity index (χ0n) is 10.9. The summed E-state index contributed by atoms with van der Waals surface area (Å²) < 4.78 is 0. The third-order valence-electron chi connectivity index (χ3n) is 0.586. The van der Waals surface area contributed by atoms with Crippen molar-refractivity contribution in [1.82, 2.24) is 16.0 Å². The van der Waals surface area contributed by atoms with Gasteiger partial charge in [-0.25, -0.2) is 12.2 Å². The molecule has 0 aliphatic heterocycles. The summed E-state index contributed by atoms with van der Waals surface area (Å²) >= 11 is 0. The first-order chi connectivity index (χ1) is 6.74. The molecule has 1 aliphatic rings. The van der Waals surface area contributed by atoms with E-state index in [1.807, 2.05) is 54.4 Å². The fraction of sp³-hybridized carbons (Fsp3) is 0.636. The van der Waals surface area contributed by atoms with Crippen molar-refractivity contribution >= 4 is 0 Å². The van der Waals surface area contributed by atoms with Crippen LogP contribution < -0.4 is 16.0 Å². The monoisotopic (exact) mass is 380 g/mol. The summed E-state index contributed by atoms with van der Waals surface area (Å²) in [5.74, 6) is 0. The Balaban J connectivity index is -0.0000000550. The summed E-state index contributed by atoms with van der Waals surface area (Å²) in [6, 6.07) is 0. The number of allylic oxidation sites excluding steroid dienone is 4. The molecule has 0 amide bonds. The van der Waals surface area contributed by atoms with Crippen LogP contribution in [0.1, 0.15) is 6.42 Å². The standard InChI is InChI=1S/C5H5.3C2H7N.Hf/c1-2-4-5-3-1;3*1-3-2;/h1-3H,4H2;3*3H,1-2H3;/q-1;;;;. The molecule has 0 unspecified atom stereocenters. The van der Waals surface area contributed by atoms with E-state index in [0.29, 0.717) is 0 Å². The number of rotatable bonds is 0. The van der Waals surface area contributed by atoms with Gasteiger partial charge in [0.15, 0.2) is 0 Å². The molecule has 4 heteroatoms. The average Bonchev–Trinajstić information content (AvgIpc) is 2.63. The largest absolute Gasteiger partial charge is 0.323 e. The predicted octanol–water partition coefficient (Wildman–Crippen LogP) is 0.810. The van der Waals surface area contributed by atoms with Gasteiger partial charge in [-0.1, -0.05) is 0 Å². The average molecular weight is 379 g/mol. The Labute approximate surface area is 115 Å². The molecule has 0 spiro atoms. The minimum atomic E-state index is 0. The molecule has 0 heterocycles. The Kier molecular flexibility index (Phi) is 59.9. The minimum absolute atomic E-state index is 0. The van der Waals surface area contributed by atoms with E-state index in [-0.39, 0.29) is 25.8 Å². The van der Waals surface area contributed by atoms with E-state index in [4.69, 9.17) is 0 Å². The second-order valence-electron chi connectivity index (χ2n) is 2.50. The molecule has 1 aliphatic carbocycles. The first-order valence-electron chi connectivity index (χ1n) is 4.72. The Morgan fingerprint density at radius 2 is 1.20 bits per heavy atom. The summed E-state index contributed by atoms with van der Waals surface area (Å²) in [5, 5.41) is 8.25. The van der Waals surface area contributed by atoms with Gasteiger partial charge in [0, 0.05) is 25.8 Å². The molecule has 0 saturated heterocycles. The maximum absolute atomic E-state index is 2.99. The molecule has 0 atom stereocenters. The normalized spacial score (nSPS) is 9.47. The Hall–Kier alpha value is 0.230. The number of nitrogens with one attached hydrogen (secondary N) is 3. The molecule has 15 heavy (non-hydrogen) atoms. The van der Waals surface area contributed by atoms with Gasteiger partial charge in [0.25, 0.3) is 0 Å². The Morgan fingerprint density at radius 3 is 1.27 bits per heavy atom. The quantitative estimate of drug-likeness (QED) is 0.431. The molecular formula is C11H26HfN3-. The van der Waals surface area contributed by atoms with Crippen molar-refractivity contribution in [2.24, 2.45) is 0 Å². The SMILES string of the molecule is CNC.CNC.CNC.[C-]1=CC=CC1.[Hf]. The van der Waals surface area contributed by atoms with Gasteiger partial charge in [-0.3, -0.25) is 6.08 Å². The summed E-state index contributed by atoms with van der Waals surface area (Å²) in [6.07, 6.45) is 10.0. The molecule has 3 N–H and O–H groups in total. The van der Waals surface area contributed by atoms with E-state index in [1.54, 1.807) is 0 Å².